The topological polar surface area (TPSA) is 59.1 Å². The van der Waals surface area contributed by atoms with E-state index in [1.165, 1.54) is 0 Å². The summed E-state index contributed by atoms with van der Waals surface area (Å²) in [4.78, 5) is 27.8. The Morgan fingerprint density at radius 1 is 1.35 bits per heavy atom. The van der Waals surface area contributed by atoms with Crippen LogP contribution in [0.25, 0.3) is 10.2 Å². The SMILES string of the molecule is Cc1nc2ccc(NC(=O)C3CCC(=O)CC3)cc2s1. The highest BCUT2D eigenvalue weighted by Gasteiger charge is 2.24. The minimum atomic E-state index is -0.0356. The molecule has 3 rings (SSSR count). The summed E-state index contributed by atoms with van der Waals surface area (Å²) in [5.41, 5.74) is 1.77. The quantitative estimate of drug-likeness (QED) is 0.922. The van der Waals surface area contributed by atoms with Crippen molar-refractivity contribution in [3.05, 3.63) is 23.2 Å². The first-order valence-corrected chi connectivity index (χ1v) is 7.63. The van der Waals surface area contributed by atoms with Crippen molar-refractivity contribution in [2.75, 3.05) is 5.32 Å². The number of thiazole rings is 1. The smallest absolute Gasteiger partial charge is 0.227 e. The van der Waals surface area contributed by atoms with E-state index >= 15 is 0 Å². The van der Waals surface area contributed by atoms with Crippen LogP contribution in [0.2, 0.25) is 0 Å². The number of hydrogen-bond acceptors (Lipinski definition) is 4. The zero-order chi connectivity index (χ0) is 14.1. The Morgan fingerprint density at radius 3 is 2.85 bits per heavy atom. The third-order valence-corrected chi connectivity index (χ3v) is 4.61. The number of anilines is 1. The van der Waals surface area contributed by atoms with Gasteiger partial charge in [0, 0.05) is 24.4 Å². The average Bonchev–Trinajstić information content (AvgIpc) is 2.78. The number of ketones is 1. The standard InChI is InChI=1S/C15H16N2O2S/c1-9-16-13-7-4-11(8-14(13)20-9)17-15(19)10-2-5-12(18)6-3-10/h4,7-8,10H,2-3,5-6H2,1H3,(H,17,19). The molecule has 1 heterocycles. The Hall–Kier alpha value is -1.75. The molecule has 1 aromatic heterocycles. The number of aromatic nitrogens is 1. The number of fused-ring (bicyclic) bond motifs is 1. The minimum absolute atomic E-state index is 0.0260. The maximum Gasteiger partial charge on any atom is 0.227 e. The van der Waals surface area contributed by atoms with Crippen molar-refractivity contribution in [3.8, 4) is 0 Å². The van der Waals surface area contributed by atoms with Crippen molar-refractivity contribution < 1.29 is 9.59 Å². The Kier molecular flexibility index (Phi) is 3.53. The van der Waals surface area contributed by atoms with Crippen LogP contribution in [-0.2, 0) is 9.59 Å². The third kappa shape index (κ3) is 2.72. The van der Waals surface area contributed by atoms with E-state index in [4.69, 9.17) is 0 Å². The minimum Gasteiger partial charge on any atom is -0.326 e. The van der Waals surface area contributed by atoms with Crippen molar-refractivity contribution in [1.82, 2.24) is 4.98 Å². The third-order valence-electron chi connectivity index (χ3n) is 3.68. The van der Waals surface area contributed by atoms with Gasteiger partial charge in [-0.15, -0.1) is 11.3 Å². The van der Waals surface area contributed by atoms with Gasteiger partial charge in [-0.3, -0.25) is 9.59 Å². The number of benzene rings is 1. The highest BCUT2D eigenvalue weighted by atomic mass is 32.1. The van der Waals surface area contributed by atoms with Crippen molar-refractivity contribution in [2.24, 2.45) is 5.92 Å². The number of Topliss-reactive ketones (excluding diaryl/α,β-unsaturated/α-hetero) is 1. The second kappa shape index (κ2) is 5.32. The molecule has 4 nitrogen and oxygen atoms in total. The number of amides is 1. The Balaban J connectivity index is 1.72. The van der Waals surface area contributed by atoms with Gasteiger partial charge in [-0.25, -0.2) is 4.98 Å². The Morgan fingerprint density at radius 2 is 2.10 bits per heavy atom. The van der Waals surface area contributed by atoms with Gasteiger partial charge in [0.1, 0.15) is 5.78 Å². The van der Waals surface area contributed by atoms with Gasteiger partial charge in [-0.1, -0.05) is 0 Å². The molecule has 0 radical (unpaired) electrons. The molecule has 0 atom stereocenters. The number of carbonyl (C=O) groups is 2. The van der Waals surface area contributed by atoms with Crippen LogP contribution in [0.4, 0.5) is 5.69 Å². The number of nitrogens with one attached hydrogen (secondary N) is 1. The molecule has 1 N–H and O–H groups in total. The molecular weight excluding hydrogens is 272 g/mol. The predicted octanol–water partition coefficient (Wildman–Crippen LogP) is 3.30. The molecule has 1 saturated carbocycles. The molecular formula is C15H16N2O2S. The molecule has 1 aromatic carbocycles. The molecule has 0 spiro atoms. The van der Waals surface area contributed by atoms with Crippen LogP contribution in [0.3, 0.4) is 0 Å². The van der Waals surface area contributed by atoms with Crippen LogP contribution < -0.4 is 5.32 Å². The van der Waals surface area contributed by atoms with Gasteiger partial charge in [-0.05, 0) is 38.0 Å². The maximum atomic E-state index is 12.2. The monoisotopic (exact) mass is 288 g/mol. The molecule has 2 aromatic rings. The highest BCUT2D eigenvalue weighted by Crippen LogP contribution is 2.27. The highest BCUT2D eigenvalue weighted by molar-refractivity contribution is 7.18. The second-order valence-electron chi connectivity index (χ2n) is 5.22. The normalized spacial score (nSPS) is 16.6. The lowest BCUT2D eigenvalue weighted by Crippen LogP contribution is -2.27. The predicted molar refractivity (Wildman–Crippen MR) is 80.0 cm³/mol. The lowest BCUT2D eigenvalue weighted by Gasteiger charge is -2.20. The van der Waals surface area contributed by atoms with E-state index < -0.39 is 0 Å². The lowest BCUT2D eigenvalue weighted by molar-refractivity contribution is -0.125. The molecule has 1 amide bonds. The largest absolute Gasteiger partial charge is 0.326 e. The van der Waals surface area contributed by atoms with E-state index in [2.05, 4.69) is 10.3 Å². The Bertz CT molecular complexity index is 668. The van der Waals surface area contributed by atoms with Crippen LogP contribution in [0.1, 0.15) is 30.7 Å². The van der Waals surface area contributed by atoms with Crippen LogP contribution in [0, 0.1) is 12.8 Å². The van der Waals surface area contributed by atoms with Gasteiger partial charge in [0.25, 0.3) is 0 Å². The van der Waals surface area contributed by atoms with Crippen molar-refractivity contribution in [1.29, 1.82) is 0 Å². The lowest BCUT2D eigenvalue weighted by atomic mass is 9.88. The van der Waals surface area contributed by atoms with Gasteiger partial charge in [0.15, 0.2) is 0 Å². The summed E-state index contributed by atoms with van der Waals surface area (Å²) in [7, 11) is 0. The zero-order valence-electron chi connectivity index (χ0n) is 11.3. The van der Waals surface area contributed by atoms with Crippen molar-refractivity contribution >= 4 is 38.9 Å². The second-order valence-corrected chi connectivity index (χ2v) is 6.45. The van der Waals surface area contributed by atoms with Gasteiger partial charge in [0.2, 0.25) is 5.91 Å². The van der Waals surface area contributed by atoms with E-state index in [0.717, 1.165) is 20.9 Å². The fourth-order valence-electron chi connectivity index (χ4n) is 2.56. The number of rotatable bonds is 2. The van der Waals surface area contributed by atoms with Gasteiger partial charge in [0.05, 0.1) is 15.2 Å². The average molecular weight is 288 g/mol. The summed E-state index contributed by atoms with van der Waals surface area (Å²) in [5.74, 6) is 0.264. The summed E-state index contributed by atoms with van der Waals surface area (Å²) in [5, 5.41) is 3.98. The molecule has 0 saturated heterocycles. The number of carbonyl (C=O) groups excluding carboxylic acids is 2. The number of aryl methyl sites for hydroxylation is 1. The molecule has 0 aliphatic heterocycles. The number of nitrogens with zero attached hydrogens (tertiary/aromatic N) is 1. The van der Waals surface area contributed by atoms with Gasteiger partial charge in [-0.2, -0.15) is 0 Å². The van der Waals surface area contributed by atoms with E-state index in [1.54, 1.807) is 11.3 Å². The molecule has 5 heteroatoms. The first kappa shape index (κ1) is 13.2. The molecule has 0 unspecified atom stereocenters. The summed E-state index contributed by atoms with van der Waals surface area (Å²) >= 11 is 1.62. The van der Waals surface area contributed by atoms with Crippen LogP contribution >= 0.6 is 11.3 Å². The van der Waals surface area contributed by atoms with Crippen molar-refractivity contribution in [2.45, 2.75) is 32.6 Å². The molecule has 1 fully saturated rings. The summed E-state index contributed by atoms with van der Waals surface area (Å²) < 4.78 is 1.08. The summed E-state index contributed by atoms with van der Waals surface area (Å²) in [6.45, 7) is 1.97. The molecule has 20 heavy (non-hydrogen) atoms. The van der Waals surface area contributed by atoms with Crippen LogP contribution in [0.5, 0.6) is 0 Å². The van der Waals surface area contributed by atoms with Crippen LogP contribution in [-0.4, -0.2) is 16.7 Å². The Labute approximate surface area is 121 Å². The van der Waals surface area contributed by atoms with E-state index in [1.807, 2.05) is 25.1 Å². The maximum absolute atomic E-state index is 12.2. The fraction of sp³-hybridized carbons (Fsp3) is 0.400. The van der Waals surface area contributed by atoms with E-state index in [-0.39, 0.29) is 17.6 Å². The molecule has 1 aliphatic carbocycles. The van der Waals surface area contributed by atoms with Crippen molar-refractivity contribution in [3.63, 3.8) is 0 Å². The molecule has 0 bridgehead atoms. The van der Waals surface area contributed by atoms with E-state index in [0.29, 0.717) is 25.7 Å². The van der Waals surface area contributed by atoms with E-state index in [9.17, 15) is 9.59 Å². The summed E-state index contributed by atoms with van der Waals surface area (Å²) in [6.07, 6.45) is 2.41. The first-order chi connectivity index (χ1) is 9.61. The van der Waals surface area contributed by atoms with Crippen LogP contribution in [0.15, 0.2) is 18.2 Å². The molecule has 104 valence electrons. The first-order valence-electron chi connectivity index (χ1n) is 6.81. The zero-order valence-corrected chi connectivity index (χ0v) is 12.1. The molecule has 1 aliphatic rings. The number of hydrogen-bond donors (Lipinski definition) is 1. The van der Waals surface area contributed by atoms with Gasteiger partial charge < -0.3 is 5.32 Å². The fourth-order valence-corrected chi connectivity index (χ4v) is 3.43. The van der Waals surface area contributed by atoms with Gasteiger partial charge >= 0.3 is 0 Å². The summed E-state index contributed by atoms with van der Waals surface area (Å²) in [6, 6.07) is 5.78.